The highest BCUT2D eigenvalue weighted by Crippen LogP contribution is 2.27. The summed E-state index contributed by atoms with van der Waals surface area (Å²) >= 11 is 4.96. The van der Waals surface area contributed by atoms with Gasteiger partial charge in [0.25, 0.3) is 0 Å². The van der Waals surface area contributed by atoms with Crippen molar-refractivity contribution >= 4 is 38.1 Å². The van der Waals surface area contributed by atoms with Crippen molar-refractivity contribution in [1.29, 1.82) is 0 Å². The average molecular weight is 299 g/mol. The number of hydrogen-bond acceptors (Lipinski definition) is 5. The van der Waals surface area contributed by atoms with Crippen molar-refractivity contribution in [2.75, 3.05) is 5.32 Å². The quantitative estimate of drug-likeness (QED) is 0.914. The van der Waals surface area contributed by atoms with Crippen LogP contribution in [0.15, 0.2) is 22.7 Å². The van der Waals surface area contributed by atoms with Gasteiger partial charge in [-0.2, -0.15) is 0 Å². The van der Waals surface area contributed by atoms with Gasteiger partial charge >= 0.3 is 0 Å². The standard InChI is InChI=1S/C10H11BrN4S/c1-6-2-3-8(7(11)4-6)13-10-15-14-9(5-12)16-10/h2-4H,5,12H2,1H3,(H,13,15). The second-order valence-corrected chi connectivity index (χ2v) is 5.23. The van der Waals surface area contributed by atoms with E-state index in [9.17, 15) is 0 Å². The van der Waals surface area contributed by atoms with E-state index in [1.54, 1.807) is 0 Å². The molecule has 0 radical (unpaired) electrons. The Kier molecular flexibility index (Phi) is 3.52. The highest BCUT2D eigenvalue weighted by molar-refractivity contribution is 9.10. The number of benzene rings is 1. The van der Waals surface area contributed by atoms with Crippen LogP contribution in [0.2, 0.25) is 0 Å². The Morgan fingerprint density at radius 3 is 2.88 bits per heavy atom. The maximum atomic E-state index is 5.48. The fraction of sp³-hybridized carbons (Fsp3) is 0.200. The normalized spacial score (nSPS) is 10.4. The summed E-state index contributed by atoms with van der Waals surface area (Å²) in [5.41, 5.74) is 7.66. The van der Waals surface area contributed by atoms with Gasteiger partial charge < -0.3 is 11.1 Å². The predicted octanol–water partition coefficient (Wildman–Crippen LogP) is 2.81. The fourth-order valence-corrected chi connectivity index (χ4v) is 2.45. The molecule has 2 aromatic rings. The van der Waals surface area contributed by atoms with Crippen LogP contribution < -0.4 is 11.1 Å². The molecule has 0 bridgehead atoms. The molecule has 0 aliphatic heterocycles. The van der Waals surface area contributed by atoms with Gasteiger partial charge in [0.05, 0.1) is 5.69 Å². The largest absolute Gasteiger partial charge is 0.329 e. The number of anilines is 2. The number of halogens is 1. The molecular weight excluding hydrogens is 288 g/mol. The Bertz CT molecular complexity index is 497. The van der Waals surface area contributed by atoms with E-state index in [-0.39, 0.29) is 0 Å². The molecule has 4 nitrogen and oxygen atoms in total. The van der Waals surface area contributed by atoms with Crippen molar-refractivity contribution in [3.63, 3.8) is 0 Å². The maximum absolute atomic E-state index is 5.48. The third-order valence-electron chi connectivity index (χ3n) is 2.01. The molecule has 0 amide bonds. The van der Waals surface area contributed by atoms with Crippen molar-refractivity contribution in [3.05, 3.63) is 33.2 Å². The van der Waals surface area contributed by atoms with Crippen molar-refractivity contribution < 1.29 is 0 Å². The topological polar surface area (TPSA) is 63.8 Å². The van der Waals surface area contributed by atoms with Crippen molar-refractivity contribution in [2.45, 2.75) is 13.5 Å². The van der Waals surface area contributed by atoms with Gasteiger partial charge in [-0.05, 0) is 40.5 Å². The molecule has 3 N–H and O–H groups in total. The predicted molar refractivity (Wildman–Crippen MR) is 70.0 cm³/mol. The molecule has 0 saturated heterocycles. The molecular formula is C10H11BrN4S. The molecule has 1 aromatic carbocycles. The van der Waals surface area contributed by atoms with E-state index in [0.29, 0.717) is 6.54 Å². The Balaban J connectivity index is 2.20. The zero-order valence-corrected chi connectivity index (χ0v) is 11.1. The minimum Gasteiger partial charge on any atom is -0.329 e. The first-order valence-electron chi connectivity index (χ1n) is 4.74. The molecule has 0 fully saturated rings. The van der Waals surface area contributed by atoms with Gasteiger partial charge in [0.15, 0.2) is 0 Å². The van der Waals surface area contributed by atoms with E-state index in [1.807, 2.05) is 25.1 Å². The second-order valence-electron chi connectivity index (χ2n) is 3.31. The summed E-state index contributed by atoms with van der Waals surface area (Å²) in [5, 5.41) is 12.7. The lowest BCUT2D eigenvalue weighted by molar-refractivity contribution is 0.960. The van der Waals surface area contributed by atoms with Gasteiger partial charge in [-0.3, -0.25) is 0 Å². The average Bonchev–Trinajstić information content (AvgIpc) is 2.70. The lowest BCUT2D eigenvalue weighted by atomic mass is 10.2. The number of hydrogen-bond donors (Lipinski definition) is 2. The van der Waals surface area contributed by atoms with E-state index < -0.39 is 0 Å². The SMILES string of the molecule is Cc1ccc(Nc2nnc(CN)s2)c(Br)c1. The molecule has 16 heavy (non-hydrogen) atoms. The van der Waals surface area contributed by atoms with Crippen molar-refractivity contribution in [2.24, 2.45) is 5.73 Å². The van der Waals surface area contributed by atoms with Crippen LogP contribution in [0, 0.1) is 6.92 Å². The third kappa shape index (κ3) is 2.58. The van der Waals surface area contributed by atoms with Crippen LogP contribution in [0.5, 0.6) is 0 Å². The van der Waals surface area contributed by atoms with Crippen LogP contribution in [0.4, 0.5) is 10.8 Å². The molecule has 0 atom stereocenters. The van der Waals surface area contributed by atoms with Crippen LogP contribution in [-0.2, 0) is 6.54 Å². The minimum atomic E-state index is 0.425. The van der Waals surface area contributed by atoms with Crippen LogP contribution >= 0.6 is 27.3 Å². The lowest BCUT2D eigenvalue weighted by Gasteiger charge is -2.05. The van der Waals surface area contributed by atoms with Gasteiger partial charge in [-0.25, -0.2) is 0 Å². The van der Waals surface area contributed by atoms with E-state index in [4.69, 9.17) is 5.73 Å². The Hall–Kier alpha value is -0.980. The molecule has 84 valence electrons. The first kappa shape index (κ1) is 11.5. The first-order chi connectivity index (χ1) is 7.69. The molecule has 0 saturated carbocycles. The molecule has 1 aromatic heterocycles. The van der Waals surface area contributed by atoms with E-state index in [0.717, 1.165) is 20.3 Å². The van der Waals surface area contributed by atoms with Gasteiger partial charge in [-0.15, -0.1) is 10.2 Å². The van der Waals surface area contributed by atoms with Crippen LogP contribution in [0.25, 0.3) is 0 Å². The summed E-state index contributed by atoms with van der Waals surface area (Å²) in [6.07, 6.45) is 0. The molecule has 0 spiro atoms. The number of nitrogens with two attached hydrogens (primary N) is 1. The molecule has 0 unspecified atom stereocenters. The highest BCUT2D eigenvalue weighted by atomic mass is 79.9. The summed E-state index contributed by atoms with van der Waals surface area (Å²) in [7, 11) is 0. The Labute approximate surface area is 106 Å². The van der Waals surface area contributed by atoms with E-state index in [2.05, 4.69) is 31.4 Å². The van der Waals surface area contributed by atoms with Crippen LogP contribution in [-0.4, -0.2) is 10.2 Å². The van der Waals surface area contributed by atoms with Crippen molar-refractivity contribution in [1.82, 2.24) is 10.2 Å². The zero-order valence-electron chi connectivity index (χ0n) is 8.70. The van der Waals surface area contributed by atoms with E-state index in [1.165, 1.54) is 16.9 Å². The molecule has 2 rings (SSSR count). The zero-order chi connectivity index (χ0) is 11.5. The summed E-state index contributed by atoms with van der Waals surface area (Å²) in [5.74, 6) is 0. The van der Waals surface area contributed by atoms with Crippen molar-refractivity contribution in [3.8, 4) is 0 Å². The number of rotatable bonds is 3. The Morgan fingerprint density at radius 2 is 2.25 bits per heavy atom. The maximum Gasteiger partial charge on any atom is 0.210 e. The molecule has 0 aliphatic rings. The molecule has 6 heteroatoms. The number of aryl methyl sites for hydroxylation is 1. The number of nitrogens with zero attached hydrogens (tertiary/aromatic N) is 2. The molecule has 1 heterocycles. The van der Waals surface area contributed by atoms with Crippen LogP contribution in [0.1, 0.15) is 10.6 Å². The smallest absolute Gasteiger partial charge is 0.210 e. The summed E-state index contributed by atoms with van der Waals surface area (Å²) in [6, 6.07) is 6.09. The minimum absolute atomic E-state index is 0.425. The van der Waals surface area contributed by atoms with Gasteiger partial charge in [-0.1, -0.05) is 17.4 Å². The van der Waals surface area contributed by atoms with Gasteiger partial charge in [0, 0.05) is 11.0 Å². The highest BCUT2D eigenvalue weighted by Gasteiger charge is 2.05. The second kappa shape index (κ2) is 4.90. The summed E-state index contributed by atoms with van der Waals surface area (Å²) < 4.78 is 1.01. The summed E-state index contributed by atoms with van der Waals surface area (Å²) in [4.78, 5) is 0. The Morgan fingerprint density at radius 1 is 1.44 bits per heavy atom. The lowest BCUT2D eigenvalue weighted by Crippen LogP contribution is -1.94. The van der Waals surface area contributed by atoms with Gasteiger partial charge in [0.1, 0.15) is 5.01 Å². The molecule has 0 aliphatic carbocycles. The van der Waals surface area contributed by atoms with Gasteiger partial charge in [0.2, 0.25) is 5.13 Å². The third-order valence-corrected chi connectivity index (χ3v) is 3.52. The monoisotopic (exact) mass is 298 g/mol. The van der Waals surface area contributed by atoms with Crippen LogP contribution in [0.3, 0.4) is 0 Å². The van der Waals surface area contributed by atoms with E-state index >= 15 is 0 Å². The fourth-order valence-electron chi connectivity index (χ4n) is 1.22. The number of aromatic nitrogens is 2. The number of nitrogens with one attached hydrogen (secondary N) is 1. The first-order valence-corrected chi connectivity index (χ1v) is 6.35. The summed E-state index contributed by atoms with van der Waals surface area (Å²) in [6.45, 7) is 2.47.